The number of para-hydroxylation sites is 2. The molecule has 368 valence electrons. The van der Waals surface area contributed by atoms with E-state index in [2.05, 4.69) is 281 Å². The summed E-state index contributed by atoms with van der Waals surface area (Å²) in [6.45, 7) is 30.5. The number of fused-ring (bicyclic) bond motifs is 4. The van der Waals surface area contributed by atoms with E-state index >= 15 is 0 Å². The van der Waals surface area contributed by atoms with Crippen molar-refractivity contribution >= 4 is 22.5 Å². The van der Waals surface area contributed by atoms with Crippen molar-refractivity contribution in [3.05, 3.63) is 201 Å². The second-order valence-electron chi connectivity index (χ2n) is 23.9. The molecule has 72 heavy (non-hydrogen) atoms. The van der Waals surface area contributed by atoms with Crippen LogP contribution >= 0.6 is 0 Å². The third kappa shape index (κ3) is 9.49. The van der Waals surface area contributed by atoms with E-state index in [0.29, 0.717) is 6.54 Å². The monoisotopic (exact) mass is 1130 g/mol. The molecular formula is C66H68N4OPt. The molecule has 0 saturated heterocycles. The van der Waals surface area contributed by atoms with E-state index in [0.717, 1.165) is 60.2 Å². The van der Waals surface area contributed by atoms with Gasteiger partial charge in [-0.05, 0) is 57.2 Å². The minimum atomic E-state index is -0.00874. The van der Waals surface area contributed by atoms with Gasteiger partial charge in [-0.1, -0.05) is 96.1 Å². The predicted octanol–water partition coefficient (Wildman–Crippen LogP) is 17.8. The molecule has 5 nitrogen and oxygen atoms in total. The average Bonchev–Trinajstić information content (AvgIpc) is 3.63. The molecule has 0 fully saturated rings. The summed E-state index contributed by atoms with van der Waals surface area (Å²) >= 11 is 2.51. The van der Waals surface area contributed by atoms with Crippen molar-refractivity contribution in [2.24, 2.45) is 0 Å². The van der Waals surface area contributed by atoms with Gasteiger partial charge in [-0.15, -0.1) is 0 Å². The van der Waals surface area contributed by atoms with Crippen LogP contribution in [0.5, 0.6) is 11.5 Å². The predicted molar refractivity (Wildman–Crippen MR) is 298 cm³/mol. The van der Waals surface area contributed by atoms with Gasteiger partial charge < -0.3 is 0 Å². The summed E-state index contributed by atoms with van der Waals surface area (Å²) in [6, 6.07) is 57.9. The summed E-state index contributed by atoms with van der Waals surface area (Å²) in [7, 11) is 0. The van der Waals surface area contributed by atoms with Crippen LogP contribution in [-0.4, -0.2) is 14.1 Å². The number of pyridine rings is 1. The number of imidazole rings is 1. The Morgan fingerprint density at radius 1 is 0.458 bits per heavy atom. The van der Waals surface area contributed by atoms with Crippen molar-refractivity contribution in [2.75, 3.05) is 4.90 Å². The number of rotatable bonds is 7. The van der Waals surface area contributed by atoms with Crippen LogP contribution in [0.4, 0.5) is 11.5 Å². The van der Waals surface area contributed by atoms with Crippen LogP contribution in [0.25, 0.3) is 55.8 Å². The van der Waals surface area contributed by atoms with E-state index in [1.54, 1.807) is 0 Å². The minimum absolute atomic E-state index is 0.00874. The summed E-state index contributed by atoms with van der Waals surface area (Å²) in [5.41, 5.74) is 20.5. The molecule has 0 unspecified atom stereocenters. The molecule has 0 saturated carbocycles. The molecule has 6 heteroatoms. The molecule has 1 aliphatic rings. The zero-order chi connectivity index (χ0) is 51.1. The fourth-order valence-corrected chi connectivity index (χ4v) is 11.1. The van der Waals surface area contributed by atoms with Crippen molar-refractivity contribution in [3.8, 4) is 56.3 Å². The van der Waals surface area contributed by atoms with Crippen LogP contribution in [-0.2, 0) is 47.6 Å². The molecule has 3 heterocycles. The molecule has 2 aromatic heterocycles. The summed E-state index contributed by atoms with van der Waals surface area (Å²) in [5, 5.41) is 0. The zero-order valence-corrected chi connectivity index (χ0v) is 46.6. The molecule has 10 rings (SSSR count). The first-order valence-corrected chi connectivity index (χ1v) is 26.5. The maximum atomic E-state index is 6.91. The Bertz CT molecular complexity index is 3540. The molecule has 0 aliphatic carbocycles. The number of anilines is 2. The van der Waals surface area contributed by atoms with Crippen LogP contribution in [0.1, 0.15) is 116 Å². The fourth-order valence-electron chi connectivity index (χ4n) is 9.95. The Balaban J connectivity index is 1.06. The van der Waals surface area contributed by atoms with E-state index < -0.39 is 0 Å². The first-order chi connectivity index (χ1) is 34.0. The van der Waals surface area contributed by atoms with Gasteiger partial charge in [0.2, 0.25) is 0 Å². The van der Waals surface area contributed by atoms with Gasteiger partial charge in [-0.2, -0.15) is 0 Å². The topological polar surface area (TPSA) is 35.2 Å². The van der Waals surface area contributed by atoms with Crippen LogP contribution in [0.2, 0.25) is 0 Å². The van der Waals surface area contributed by atoms with E-state index in [4.69, 9.17) is 9.72 Å². The third-order valence-corrected chi connectivity index (χ3v) is 15.4. The number of ether oxygens (including phenoxy) is 1. The summed E-state index contributed by atoms with van der Waals surface area (Å²) in [4.78, 5) is 7.56. The minimum Gasteiger partial charge on any atom is -0.0622 e. The molecule has 0 bridgehead atoms. The van der Waals surface area contributed by atoms with Crippen molar-refractivity contribution in [1.29, 1.82) is 0 Å². The molecule has 0 atom stereocenters. The zero-order valence-electron chi connectivity index (χ0n) is 44.3. The second kappa shape index (κ2) is 18.2. The van der Waals surface area contributed by atoms with Gasteiger partial charge in [-0.3, -0.25) is 0 Å². The number of aryl methyl sites for hydroxylation is 1. The van der Waals surface area contributed by atoms with E-state index in [1.807, 2.05) is 6.20 Å². The molecule has 9 aromatic rings. The average molecular weight is 1130 g/mol. The molecule has 0 spiro atoms. The smallest absolute Gasteiger partial charge is 0.0622 e. The van der Waals surface area contributed by atoms with Gasteiger partial charge >= 0.3 is 276 Å². The summed E-state index contributed by atoms with van der Waals surface area (Å²) in [5.74, 6) is 2.43. The van der Waals surface area contributed by atoms with Gasteiger partial charge in [0, 0.05) is 11.8 Å². The SMILES string of the molecule is Cc1cc(N2Cc3cc(-c4cc(C(C)(C)C)cc(C(C)(C)C)c4)ccc3-c3ccc(Oc4cccc(-n5[c](=[Pt])n(-c6cc(C(C)(C)C)cc(C(C)(C)C)c6)c6ccccc65)c4)cc32)ncc1-c1ccccc1. The van der Waals surface area contributed by atoms with Crippen LogP contribution in [0.15, 0.2) is 164 Å². The van der Waals surface area contributed by atoms with Crippen molar-refractivity contribution < 1.29 is 24.1 Å². The Morgan fingerprint density at radius 2 is 1.01 bits per heavy atom. The Hall–Kier alpha value is -6.55. The van der Waals surface area contributed by atoms with Crippen molar-refractivity contribution in [2.45, 2.75) is 118 Å². The Kier molecular flexibility index (Phi) is 12.4. The van der Waals surface area contributed by atoms with Crippen LogP contribution in [0, 0.1) is 10.7 Å². The van der Waals surface area contributed by atoms with Crippen molar-refractivity contribution in [1.82, 2.24) is 14.1 Å². The number of nitrogens with zero attached hydrogens (tertiary/aromatic N) is 4. The second-order valence-corrected chi connectivity index (χ2v) is 24.9. The van der Waals surface area contributed by atoms with Gasteiger partial charge in [-0.25, -0.2) is 0 Å². The van der Waals surface area contributed by atoms with E-state index in [-0.39, 0.29) is 21.7 Å². The maximum absolute atomic E-state index is 6.91. The standard InChI is InChI=1S/C66H68N4O.Pt/c1-43-30-62(67-40-58(43)44-20-15-14-16-21-44)68-41-47-31-45(46-32-48(63(2,3)4)34-49(33-46)64(5,6)7)26-28-56(47)57-29-27-55(39-61(57)68)71-54-23-19-22-52(38-54)69-42-70(60-25-18-17-24-59(60)69)53-36-50(65(8,9)10)35-51(37-53)66(11,12)13;/h14-40H,41H2,1-13H3;. The normalized spacial score (nSPS) is 13.1. The van der Waals surface area contributed by atoms with Gasteiger partial charge in [0.15, 0.2) is 0 Å². The fraction of sp³-hybridized carbons (Fsp3) is 0.273. The first-order valence-electron chi connectivity index (χ1n) is 25.4. The van der Waals surface area contributed by atoms with E-state index in [9.17, 15) is 0 Å². The van der Waals surface area contributed by atoms with Gasteiger partial charge in [0.1, 0.15) is 0 Å². The Morgan fingerprint density at radius 3 is 1.61 bits per heavy atom. The third-order valence-electron chi connectivity index (χ3n) is 14.4. The van der Waals surface area contributed by atoms with Crippen molar-refractivity contribution in [3.63, 3.8) is 0 Å². The molecule has 7 aromatic carbocycles. The number of aromatic nitrogens is 3. The van der Waals surface area contributed by atoms with E-state index in [1.165, 1.54) is 55.8 Å². The quantitative estimate of drug-likeness (QED) is 0.160. The molecule has 0 radical (unpaired) electrons. The van der Waals surface area contributed by atoms with Crippen LogP contribution < -0.4 is 9.64 Å². The molecule has 0 N–H and O–H groups in total. The molecule has 0 amide bonds. The van der Waals surface area contributed by atoms with Crippen LogP contribution in [0.3, 0.4) is 0 Å². The Labute approximate surface area is 438 Å². The summed E-state index contributed by atoms with van der Waals surface area (Å²) < 4.78 is 12.8. The molecule has 1 aliphatic heterocycles. The first kappa shape index (κ1) is 49.0. The molecular weight excluding hydrogens is 1060 g/mol. The summed E-state index contributed by atoms with van der Waals surface area (Å²) in [6.07, 6.45) is 2.03. The number of hydrogen-bond acceptors (Lipinski definition) is 3. The number of benzene rings is 7. The van der Waals surface area contributed by atoms with Gasteiger partial charge in [0.25, 0.3) is 0 Å². The van der Waals surface area contributed by atoms with Gasteiger partial charge in [0.05, 0.1) is 0 Å². The number of hydrogen-bond donors (Lipinski definition) is 0.